The third kappa shape index (κ3) is 3.55. The van der Waals surface area contributed by atoms with Crippen LogP contribution in [0.15, 0.2) is 30.3 Å². The lowest BCUT2D eigenvalue weighted by atomic mass is 9.77. The third-order valence-corrected chi connectivity index (χ3v) is 3.81. The van der Waals surface area contributed by atoms with Crippen molar-refractivity contribution in [1.29, 1.82) is 0 Å². The summed E-state index contributed by atoms with van der Waals surface area (Å²) in [6.45, 7) is 5.85. The van der Waals surface area contributed by atoms with Gasteiger partial charge in [0, 0.05) is 12.3 Å². The van der Waals surface area contributed by atoms with E-state index in [1.807, 2.05) is 51.1 Å². The van der Waals surface area contributed by atoms with Gasteiger partial charge in [-0.25, -0.2) is 0 Å². The molecule has 0 bridgehead atoms. The maximum Gasteiger partial charge on any atom is 0.0735 e. The van der Waals surface area contributed by atoms with Gasteiger partial charge in [0.05, 0.1) is 11.7 Å². The van der Waals surface area contributed by atoms with E-state index in [-0.39, 0.29) is 5.92 Å². The summed E-state index contributed by atoms with van der Waals surface area (Å²) >= 11 is 0. The van der Waals surface area contributed by atoms with Gasteiger partial charge in [-0.3, -0.25) is 0 Å². The van der Waals surface area contributed by atoms with Gasteiger partial charge < -0.3 is 10.2 Å². The molecule has 2 heteroatoms. The molecule has 0 aliphatic carbocycles. The molecule has 0 unspecified atom stereocenters. The Kier molecular flexibility index (Phi) is 5.16. The zero-order valence-electron chi connectivity index (χ0n) is 11.1. The Hall–Kier alpha value is -0.860. The molecule has 0 radical (unpaired) electrons. The third-order valence-electron chi connectivity index (χ3n) is 3.81. The molecule has 2 N–H and O–H groups in total. The quantitative estimate of drug-likeness (QED) is 0.797. The first-order chi connectivity index (χ1) is 8.03. The molecule has 2 nitrogen and oxygen atoms in total. The normalized spacial score (nSPS) is 18.4. The van der Waals surface area contributed by atoms with Crippen LogP contribution >= 0.6 is 0 Å². The molecule has 96 valence electrons. The lowest BCUT2D eigenvalue weighted by Gasteiger charge is -2.36. The van der Waals surface area contributed by atoms with Crippen molar-refractivity contribution in [2.45, 2.75) is 51.7 Å². The first kappa shape index (κ1) is 14.2. The minimum absolute atomic E-state index is 0.113. The maximum atomic E-state index is 10.7. The molecule has 17 heavy (non-hydrogen) atoms. The topological polar surface area (TPSA) is 40.5 Å². The molecular weight excluding hydrogens is 212 g/mol. The van der Waals surface area contributed by atoms with Gasteiger partial charge in [-0.2, -0.15) is 0 Å². The highest BCUT2D eigenvalue weighted by Gasteiger charge is 2.35. The molecule has 1 rings (SSSR count). The summed E-state index contributed by atoms with van der Waals surface area (Å²) < 4.78 is 0. The van der Waals surface area contributed by atoms with E-state index < -0.39 is 11.7 Å². The molecule has 0 heterocycles. The lowest BCUT2D eigenvalue weighted by molar-refractivity contribution is -0.0668. The molecule has 0 spiro atoms. The molecule has 0 saturated carbocycles. The molecule has 0 fully saturated rings. The molecule has 0 saturated heterocycles. The fourth-order valence-corrected chi connectivity index (χ4v) is 2.27. The van der Waals surface area contributed by atoms with Crippen molar-refractivity contribution in [3.8, 4) is 0 Å². The first-order valence-electron chi connectivity index (χ1n) is 6.47. The molecule has 0 aromatic heterocycles. The number of aliphatic hydroxyl groups is 2. The number of aliphatic hydroxyl groups excluding tert-OH is 1. The van der Waals surface area contributed by atoms with Crippen LogP contribution in [0.1, 0.15) is 39.2 Å². The SMILES string of the molecule is CC[C@@H](O)[C@H](C)[C@@](O)(CC)Cc1ccccc1. The monoisotopic (exact) mass is 236 g/mol. The van der Waals surface area contributed by atoms with E-state index in [1.165, 1.54) is 0 Å². The first-order valence-corrected chi connectivity index (χ1v) is 6.47. The molecule has 3 atom stereocenters. The zero-order valence-corrected chi connectivity index (χ0v) is 11.1. The van der Waals surface area contributed by atoms with E-state index in [0.29, 0.717) is 19.3 Å². The Morgan fingerprint density at radius 1 is 1.18 bits per heavy atom. The highest BCUT2D eigenvalue weighted by Crippen LogP contribution is 2.29. The number of rotatable bonds is 6. The van der Waals surface area contributed by atoms with Crippen LogP contribution in [-0.4, -0.2) is 21.9 Å². The average molecular weight is 236 g/mol. The fraction of sp³-hybridized carbons (Fsp3) is 0.600. The van der Waals surface area contributed by atoms with E-state index >= 15 is 0 Å². The van der Waals surface area contributed by atoms with Crippen molar-refractivity contribution in [2.24, 2.45) is 5.92 Å². The van der Waals surface area contributed by atoms with Crippen LogP contribution in [0.2, 0.25) is 0 Å². The van der Waals surface area contributed by atoms with Gasteiger partial charge in [-0.15, -0.1) is 0 Å². The summed E-state index contributed by atoms with van der Waals surface area (Å²) in [5.74, 6) is -0.113. The Labute approximate surface area is 104 Å². The second-order valence-corrected chi connectivity index (χ2v) is 4.88. The molecule has 0 aliphatic heterocycles. The van der Waals surface area contributed by atoms with Gasteiger partial charge in [0.2, 0.25) is 0 Å². The van der Waals surface area contributed by atoms with Crippen molar-refractivity contribution in [3.05, 3.63) is 35.9 Å². The summed E-state index contributed by atoms with van der Waals surface area (Å²) in [6, 6.07) is 9.97. The van der Waals surface area contributed by atoms with Crippen molar-refractivity contribution < 1.29 is 10.2 Å². The summed E-state index contributed by atoms with van der Waals surface area (Å²) in [7, 11) is 0. The predicted octanol–water partition coefficient (Wildman–Crippen LogP) is 2.78. The van der Waals surface area contributed by atoms with E-state index in [2.05, 4.69) is 0 Å². The molecule has 1 aromatic rings. The van der Waals surface area contributed by atoms with Gasteiger partial charge >= 0.3 is 0 Å². The number of hydrogen-bond acceptors (Lipinski definition) is 2. The maximum absolute atomic E-state index is 10.7. The fourth-order valence-electron chi connectivity index (χ4n) is 2.27. The van der Waals surface area contributed by atoms with Crippen LogP contribution in [0.5, 0.6) is 0 Å². The van der Waals surface area contributed by atoms with Gasteiger partial charge in [-0.1, -0.05) is 51.1 Å². The van der Waals surface area contributed by atoms with Crippen LogP contribution in [0.3, 0.4) is 0 Å². The van der Waals surface area contributed by atoms with Crippen LogP contribution in [0.4, 0.5) is 0 Å². The Bertz CT molecular complexity index is 323. The molecular formula is C15H24O2. The molecule has 1 aromatic carbocycles. The summed E-state index contributed by atoms with van der Waals surface area (Å²) in [5.41, 5.74) is 0.295. The van der Waals surface area contributed by atoms with E-state index in [0.717, 1.165) is 5.56 Å². The second kappa shape index (κ2) is 6.18. The Balaban J connectivity index is 2.82. The largest absolute Gasteiger partial charge is 0.393 e. The van der Waals surface area contributed by atoms with Gasteiger partial charge in [0.1, 0.15) is 0 Å². The van der Waals surface area contributed by atoms with Crippen LogP contribution in [0.25, 0.3) is 0 Å². The summed E-state index contributed by atoms with van der Waals surface area (Å²) in [4.78, 5) is 0. The lowest BCUT2D eigenvalue weighted by Crippen LogP contribution is -2.43. The summed E-state index contributed by atoms with van der Waals surface area (Å²) in [6.07, 6.45) is 1.49. The highest BCUT2D eigenvalue weighted by molar-refractivity contribution is 5.17. The van der Waals surface area contributed by atoms with Gasteiger partial charge in [0.25, 0.3) is 0 Å². The van der Waals surface area contributed by atoms with E-state index in [9.17, 15) is 10.2 Å². The van der Waals surface area contributed by atoms with Crippen LogP contribution in [-0.2, 0) is 6.42 Å². The second-order valence-electron chi connectivity index (χ2n) is 4.88. The Morgan fingerprint density at radius 3 is 2.24 bits per heavy atom. The average Bonchev–Trinajstić information content (AvgIpc) is 2.37. The van der Waals surface area contributed by atoms with Crippen molar-refractivity contribution in [3.63, 3.8) is 0 Å². The van der Waals surface area contributed by atoms with Crippen LogP contribution in [0, 0.1) is 5.92 Å². The van der Waals surface area contributed by atoms with Gasteiger partial charge in [-0.05, 0) is 18.4 Å². The van der Waals surface area contributed by atoms with Crippen LogP contribution < -0.4 is 0 Å². The Morgan fingerprint density at radius 2 is 1.76 bits per heavy atom. The number of hydrogen-bond donors (Lipinski definition) is 2. The van der Waals surface area contributed by atoms with Crippen molar-refractivity contribution >= 4 is 0 Å². The molecule has 0 aliphatic rings. The predicted molar refractivity (Wildman–Crippen MR) is 70.8 cm³/mol. The highest BCUT2D eigenvalue weighted by atomic mass is 16.3. The molecule has 0 amide bonds. The van der Waals surface area contributed by atoms with Crippen molar-refractivity contribution in [2.75, 3.05) is 0 Å². The minimum Gasteiger partial charge on any atom is -0.393 e. The summed E-state index contributed by atoms with van der Waals surface area (Å²) in [5, 5.41) is 20.6. The minimum atomic E-state index is -0.823. The standard InChI is InChI=1S/C15H24O2/c1-4-14(16)12(3)15(17,5-2)11-13-9-7-6-8-10-13/h6-10,12,14,16-17H,4-5,11H2,1-3H3/t12-,14+,15+/m0/s1. The van der Waals surface area contributed by atoms with Crippen molar-refractivity contribution in [1.82, 2.24) is 0 Å². The van der Waals surface area contributed by atoms with Gasteiger partial charge in [0.15, 0.2) is 0 Å². The van der Waals surface area contributed by atoms with E-state index in [4.69, 9.17) is 0 Å². The van der Waals surface area contributed by atoms with E-state index in [1.54, 1.807) is 0 Å². The smallest absolute Gasteiger partial charge is 0.0735 e. The number of benzene rings is 1. The zero-order chi connectivity index (χ0) is 12.9.